The monoisotopic (exact) mass is 158 g/mol. The number of hydrogen-bond donors (Lipinski definition) is 2. The summed E-state index contributed by atoms with van der Waals surface area (Å²) in [5, 5.41) is 7.19. The Kier molecular flexibility index (Phi) is 4.39. The van der Waals surface area contributed by atoms with Crippen molar-refractivity contribution in [1.29, 1.82) is 0 Å². The predicted octanol–water partition coefficient (Wildman–Crippen LogP) is 0.844. The first kappa shape index (κ1) is 9.35. The van der Waals surface area contributed by atoms with Crippen LogP contribution in [-0.4, -0.2) is 16.2 Å². The Morgan fingerprint density at radius 2 is 2.18 bits per heavy atom. The minimum absolute atomic E-state index is 0.428. The van der Waals surface area contributed by atoms with Crippen molar-refractivity contribution in [1.82, 2.24) is 4.98 Å². The summed E-state index contributed by atoms with van der Waals surface area (Å²) in [6.45, 7) is 0. The highest BCUT2D eigenvalue weighted by Gasteiger charge is 1.78. The molecule has 0 bridgehead atoms. The molecule has 0 atom stereocenters. The lowest BCUT2D eigenvalue weighted by molar-refractivity contribution is 0.205. The van der Waals surface area contributed by atoms with Gasteiger partial charge in [-0.05, 0) is 12.1 Å². The number of rotatable bonds is 0. The van der Waals surface area contributed by atoms with Crippen molar-refractivity contribution in [3.05, 3.63) is 30.3 Å². The van der Waals surface area contributed by atoms with Gasteiger partial charge >= 0.3 is 6.09 Å². The summed E-state index contributed by atoms with van der Waals surface area (Å²) in [5.41, 5.74) is 4.03. The average molecular weight is 158 g/mol. The molecular weight excluding hydrogens is 151 g/mol. The maximum Gasteiger partial charge on any atom is 0.402 e. The molecule has 0 saturated carbocycles. The zero-order valence-corrected chi connectivity index (χ0v) is 5.57. The number of nitrogens with zero attached hydrogens (tertiary/aromatic N) is 1. The van der Waals surface area contributed by atoms with E-state index in [-0.39, 0.29) is 0 Å². The zero-order valence-electron chi connectivity index (χ0n) is 5.57. The molecule has 0 radical (unpaired) electrons. The van der Waals surface area contributed by atoms with Crippen molar-refractivity contribution >= 4 is 6.09 Å². The van der Waals surface area contributed by atoms with E-state index in [9.17, 15) is 4.39 Å². The van der Waals surface area contributed by atoms with Gasteiger partial charge in [-0.2, -0.15) is 4.39 Å². The Hall–Kier alpha value is -1.65. The summed E-state index contributed by atoms with van der Waals surface area (Å²) in [4.78, 5) is 12.1. The van der Waals surface area contributed by atoms with Crippen molar-refractivity contribution in [3.63, 3.8) is 0 Å². The highest BCUT2D eigenvalue weighted by atomic mass is 19.1. The highest BCUT2D eigenvalue weighted by Crippen LogP contribution is 1.85. The quantitative estimate of drug-likeness (QED) is 0.549. The van der Waals surface area contributed by atoms with E-state index in [2.05, 4.69) is 10.7 Å². The van der Waals surface area contributed by atoms with E-state index in [0.29, 0.717) is 0 Å². The Morgan fingerprint density at radius 3 is 2.36 bits per heavy atom. The molecule has 1 rings (SSSR count). The molecule has 1 heterocycles. The van der Waals surface area contributed by atoms with Gasteiger partial charge in [0.15, 0.2) is 0 Å². The zero-order chi connectivity index (χ0) is 8.69. The third-order valence-electron chi connectivity index (χ3n) is 0.629. The molecule has 1 aromatic heterocycles. The summed E-state index contributed by atoms with van der Waals surface area (Å²) in [6, 6.07) is 4.57. The molecule has 0 aliphatic carbocycles. The van der Waals surface area contributed by atoms with Crippen LogP contribution in [0.2, 0.25) is 0 Å². The van der Waals surface area contributed by atoms with Crippen LogP contribution in [0, 0.1) is 5.95 Å². The Balaban J connectivity index is 0.000000218. The van der Waals surface area contributed by atoms with E-state index in [1.807, 2.05) is 0 Å². The fourth-order valence-corrected chi connectivity index (χ4v) is 0.342. The third kappa shape index (κ3) is 8.35. The van der Waals surface area contributed by atoms with E-state index in [4.69, 9.17) is 9.90 Å². The van der Waals surface area contributed by atoms with Crippen molar-refractivity contribution in [2.24, 2.45) is 5.73 Å². The molecule has 5 heteroatoms. The molecule has 0 spiro atoms. The number of carboxylic acid groups (broad SMARTS) is 1. The third-order valence-corrected chi connectivity index (χ3v) is 0.629. The van der Waals surface area contributed by atoms with Crippen LogP contribution < -0.4 is 5.73 Å². The van der Waals surface area contributed by atoms with Gasteiger partial charge in [-0.25, -0.2) is 9.78 Å². The number of aromatic nitrogens is 1. The Morgan fingerprint density at radius 1 is 1.64 bits per heavy atom. The second-order valence-corrected chi connectivity index (χ2v) is 1.49. The Labute approximate surface area is 62.5 Å². The van der Waals surface area contributed by atoms with Crippen molar-refractivity contribution in [2.75, 3.05) is 0 Å². The van der Waals surface area contributed by atoms with Gasteiger partial charge in [-0.15, -0.1) is 0 Å². The molecule has 4 nitrogen and oxygen atoms in total. The number of primary amides is 1. The molecule has 1 amide bonds. The minimum Gasteiger partial charge on any atom is -0.465 e. The molecule has 0 aromatic carbocycles. The summed E-state index contributed by atoms with van der Waals surface area (Å²) in [6.07, 6.45) is 0.0787. The summed E-state index contributed by atoms with van der Waals surface area (Å²) in [5.74, 6) is -0.428. The molecule has 0 saturated heterocycles. The number of halogens is 1. The van der Waals surface area contributed by atoms with Gasteiger partial charge in [0.25, 0.3) is 0 Å². The van der Waals surface area contributed by atoms with Gasteiger partial charge in [0.2, 0.25) is 5.95 Å². The first-order valence-electron chi connectivity index (χ1n) is 2.68. The maximum absolute atomic E-state index is 11.8. The number of carbonyl (C=O) groups is 1. The largest absolute Gasteiger partial charge is 0.465 e. The van der Waals surface area contributed by atoms with Gasteiger partial charge in [0.05, 0.1) is 0 Å². The first-order chi connectivity index (χ1) is 5.13. The number of amides is 1. The lowest BCUT2D eigenvalue weighted by Crippen LogP contribution is -2.03. The maximum atomic E-state index is 11.8. The normalized spacial score (nSPS) is 7.73. The Bertz CT molecular complexity index is 211. The molecule has 3 N–H and O–H groups in total. The van der Waals surface area contributed by atoms with E-state index in [1.165, 1.54) is 12.3 Å². The van der Waals surface area contributed by atoms with Gasteiger partial charge in [-0.1, -0.05) is 6.07 Å². The molecule has 0 aliphatic rings. The van der Waals surface area contributed by atoms with E-state index >= 15 is 0 Å². The van der Waals surface area contributed by atoms with Crippen LogP contribution in [-0.2, 0) is 0 Å². The van der Waals surface area contributed by atoms with Gasteiger partial charge < -0.3 is 10.8 Å². The van der Waals surface area contributed by atoms with Gasteiger partial charge in [0, 0.05) is 6.20 Å². The topological polar surface area (TPSA) is 76.2 Å². The molecule has 0 aliphatic heterocycles. The van der Waals surface area contributed by atoms with Crippen LogP contribution in [0.25, 0.3) is 0 Å². The lowest BCUT2D eigenvalue weighted by Gasteiger charge is -1.78. The molecule has 11 heavy (non-hydrogen) atoms. The van der Waals surface area contributed by atoms with Crippen LogP contribution in [0.1, 0.15) is 0 Å². The number of hydrogen-bond acceptors (Lipinski definition) is 2. The van der Waals surface area contributed by atoms with Crippen LogP contribution >= 0.6 is 0 Å². The summed E-state index contributed by atoms with van der Waals surface area (Å²) >= 11 is 0. The standard InChI is InChI=1S/C5H4FN.CH3NO2/c6-5-3-1-2-4-7-5;2-1(3)4/h1-4H;2H2,(H,3,4). The molecular formula is C6H7FN2O2. The van der Waals surface area contributed by atoms with Crippen LogP contribution in [0.15, 0.2) is 24.4 Å². The minimum atomic E-state index is -1.33. The second kappa shape index (κ2) is 5.16. The van der Waals surface area contributed by atoms with Gasteiger partial charge in [0.1, 0.15) is 0 Å². The average Bonchev–Trinajstić information content (AvgIpc) is 1.87. The predicted molar refractivity (Wildman–Crippen MR) is 36.4 cm³/mol. The van der Waals surface area contributed by atoms with E-state index in [1.54, 1.807) is 12.1 Å². The molecule has 60 valence electrons. The molecule has 0 unspecified atom stereocenters. The fraction of sp³-hybridized carbons (Fsp3) is 0. The van der Waals surface area contributed by atoms with Crippen molar-refractivity contribution in [3.8, 4) is 0 Å². The summed E-state index contributed by atoms with van der Waals surface area (Å²) < 4.78 is 11.8. The van der Waals surface area contributed by atoms with Crippen molar-refractivity contribution < 1.29 is 14.3 Å². The van der Waals surface area contributed by atoms with Crippen molar-refractivity contribution in [2.45, 2.75) is 0 Å². The lowest BCUT2D eigenvalue weighted by atomic mass is 10.5. The first-order valence-corrected chi connectivity index (χ1v) is 2.68. The van der Waals surface area contributed by atoms with E-state index in [0.717, 1.165) is 0 Å². The van der Waals surface area contributed by atoms with Crippen LogP contribution in [0.5, 0.6) is 0 Å². The number of pyridine rings is 1. The molecule has 0 fully saturated rings. The SMILES string of the molecule is Fc1ccccn1.NC(=O)O. The summed E-state index contributed by atoms with van der Waals surface area (Å²) in [7, 11) is 0. The molecule has 1 aromatic rings. The second-order valence-electron chi connectivity index (χ2n) is 1.49. The highest BCUT2D eigenvalue weighted by molar-refractivity contribution is 5.61. The van der Waals surface area contributed by atoms with Crippen LogP contribution in [0.3, 0.4) is 0 Å². The smallest absolute Gasteiger partial charge is 0.402 e. The number of nitrogens with two attached hydrogens (primary N) is 1. The van der Waals surface area contributed by atoms with Gasteiger partial charge in [-0.3, -0.25) is 0 Å². The van der Waals surface area contributed by atoms with E-state index < -0.39 is 12.0 Å². The van der Waals surface area contributed by atoms with Crippen LogP contribution in [0.4, 0.5) is 9.18 Å². The fourth-order valence-electron chi connectivity index (χ4n) is 0.342.